The van der Waals surface area contributed by atoms with E-state index >= 15 is 0 Å². The predicted molar refractivity (Wildman–Crippen MR) is 161 cm³/mol. The number of methoxy groups -OCH3 is 2. The number of nitrogens with one attached hydrogen (secondary N) is 2. The Morgan fingerprint density at radius 2 is 1.81 bits per heavy atom. The van der Waals surface area contributed by atoms with Crippen LogP contribution in [-0.4, -0.2) is 76.0 Å². The van der Waals surface area contributed by atoms with Crippen LogP contribution < -0.4 is 34.9 Å². The standard InChI is InChI=1S/C29H34N6O6S/c1-6-8-24-23(7-2)31-28(29(32-24)34-42(37,38)22-11-9-20(19-30)10-12-22)33-25-17-21(39-4)18-26(40-5)27(25)41-16-14-35(3)13-15-36/h6-12,17-18,36H,1,13-16H2,2-5H3,(H,31,33)(H,32,34)/b23-7+,24-8+. The van der Waals surface area contributed by atoms with Crippen LogP contribution in [-0.2, 0) is 10.0 Å². The van der Waals surface area contributed by atoms with E-state index < -0.39 is 10.0 Å². The van der Waals surface area contributed by atoms with Crippen LogP contribution in [0.5, 0.6) is 17.2 Å². The lowest BCUT2D eigenvalue weighted by atomic mass is 10.2. The maximum Gasteiger partial charge on any atom is 0.263 e. The molecule has 1 heterocycles. The molecule has 0 aliphatic carbocycles. The topological polar surface area (TPSA) is 159 Å². The number of sulfonamides is 1. The summed E-state index contributed by atoms with van der Waals surface area (Å²) in [4.78, 5) is 11.0. The van der Waals surface area contributed by atoms with E-state index in [1.165, 1.54) is 44.6 Å². The van der Waals surface area contributed by atoms with Crippen molar-refractivity contribution in [3.05, 3.63) is 65.3 Å². The van der Waals surface area contributed by atoms with Crippen LogP contribution in [0.25, 0.3) is 12.2 Å². The molecular weight excluding hydrogens is 560 g/mol. The molecule has 0 aliphatic rings. The minimum atomic E-state index is -4.13. The van der Waals surface area contributed by atoms with Gasteiger partial charge in [0.05, 0.1) is 53.7 Å². The third-order valence-corrected chi connectivity index (χ3v) is 7.32. The average molecular weight is 595 g/mol. The van der Waals surface area contributed by atoms with Crippen LogP contribution >= 0.6 is 0 Å². The van der Waals surface area contributed by atoms with Crippen molar-refractivity contribution in [3.63, 3.8) is 0 Å². The van der Waals surface area contributed by atoms with Crippen LogP contribution in [0, 0.1) is 11.3 Å². The summed E-state index contributed by atoms with van der Waals surface area (Å²) >= 11 is 0. The molecule has 12 nitrogen and oxygen atoms in total. The molecule has 1 aromatic heterocycles. The molecule has 0 bridgehead atoms. The molecule has 0 amide bonds. The number of benzene rings is 2. The Hall–Kier alpha value is -4.64. The number of nitrogens with zero attached hydrogens (tertiary/aromatic N) is 4. The van der Waals surface area contributed by atoms with Crippen LogP contribution in [0.2, 0.25) is 0 Å². The summed E-state index contributed by atoms with van der Waals surface area (Å²) in [5, 5.41) is 22.3. The van der Waals surface area contributed by atoms with Crippen molar-refractivity contribution in [2.75, 3.05) is 57.6 Å². The van der Waals surface area contributed by atoms with Gasteiger partial charge in [-0.05, 0) is 44.3 Å². The summed E-state index contributed by atoms with van der Waals surface area (Å²) in [6.07, 6.45) is 4.86. The summed E-state index contributed by atoms with van der Waals surface area (Å²) in [6, 6.07) is 10.8. The second kappa shape index (κ2) is 14.8. The van der Waals surface area contributed by atoms with Crippen molar-refractivity contribution < 1.29 is 27.7 Å². The summed E-state index contributed by atoms with van der Waals surface area (Å²) in [5.41, 5.74) is 0.704. The zero-order valence-electron chi connectivity index (χ0n) is 23.9. The third kappa shape index (κ3) is 7.97. The molecule has 0 fully saturated rings. The lowest BCUT2D eigenvalue weighted by Crippen LogP contribution is -2.33. The molecule has 3 aromatic rings. The monoisotopic (exact) mass is 594 g/mol. The number of hydrogen-bond donors (Lipinski definition) is 3. The number of hydrogen-bond acceptors (Lipinski definition) is 11. The van der Waals surface area contributed by atoms with Crippen molar-refractivity contribution in [2.45, 2.75) is 11.8 Å². The van der Waals surface area contributed by atoms with Crippen molar-refractivity contribution in [1.82, 2.24) is 14.9 Å². The van der Waals surface area contributed by atoms with E-state index in [1.807, 2.05) is 18.0 Å². The number of rotatable bonds is 14. The highest BCUT2D eigenvalue weighted by molar-refractivity contribution is 7.92. The second-order valence-electron chi connectivity index (χ2n) is 8.83. The first-order chi connectivity index (χ1) is 20.2. The number of nitriles is 1. The van der Waals surface area contributed by atoms with Crippen LogP contribution in [0.15, 0.2) is 53.9 Å². The minimum Gasteiger partial charge on any atom is -0.497 e. The smallest absolute Gasteiger partial charge is 0.263 e. The third-order valence-electron chi connectivity index (χ3n) is 5.96. The highest BCUT2D eigenvalue weighted by Gasteiger charge is 2.21. The van der Waals surface area contributed by atoms with E-state index in [9.17, 15) is 13.5 Å². The number of allylic oxidation sites excluding steroid dienone is 1. The Morgan fingerprint density at radius 1 is 1.10 bits per heavy atom. The number of aromatic nitrogens is 2. The van der Waals surface area contributed by atoms with E-state index in [0.29, 0.717) is 52.3 Å². The maximum atomic E-state index is 13.3. The van der Waals surface area contributed by atoms with Crippen LogP contribution in [0.3, 0.4) is 0 Å². The van der Waals surface area contributed by atoms with E-state index in [0.717, 1.165) is 0 Å². The first kappa shape index (κ1) is 31.9. The molecule has 0 spiro atoms. The van der Waals surface area contributed by atoms with Gasteiger partial charge in [-0.2, -0.15) is 5.26 Å². The highest BCUT2D eigenvalue weighted by atomic mass is 32.2. The molecule has 0 saturated heterocycles. The summed E-state index contributed by atoms with van der Waals surface area (Å²) in [7, 11) is 0.724. The van der Waals surface area contributed by atoms with Gasteiger partial charge in [-0.15, -0.1) is 0 Å². The predicted octanol–water partition coefficient (Wildman–Crippen LogP) is 1.98. The quantitative estimate of drug-likeness (QED) is 0.251. The van der Waals surface area contributed by atoms with Crippen LogP contribution in [0.1, 0.15) is 12.5 Å². The highest BCUT2D eigenvalue weighted by Crippen LogP contribution is 2.41. The van der Waals surface area contributed by atoms with Gasteiger partial charge < -0.3 is 29.5 Å². The molecule has 0 aliphatic heterocycles. The lowest BCUT2D eigenvalue weighted by molar-refractivity contribution is 0.190. The molecular formula is C29H34N6O6S. The Balaban J connectivity index is 2.13. The lowest BCUT2D eigenvalue weighted by Gasteiger charge is -2.20. The van der Waals surface area contributed by atoms with E-state index in [1.54, 1.807) is 31.2 Å². The Kier molecular flexibility index (Phi) is 11.3. The van der Waals surface area contributed by atoms with Crippen molar-refractivity contribution in [3.8, 4) is 23.3 Å². The van der Waals surface area contributed by atoms with Gasteiger partial charge in [0.25, 0.3) is 10.0 Å². The van der Waals surface area contributed by atoms with Crippen molar-refractivity contribution in [1.29, 1.82) is 5.26 Å². The fourth-order valence-electron chi connectivity index (χ4n) is 3.76. The number of likely N-dealkylation sites (N-methyl/N-ethyl adjacent to an activating group) is 1. The zero-order valence-corrected chi connectivity index (χ0v) is 24.7. The van der Waals surface area contributed by atoms with E-state index in [-0.39, 0.29) is 29.7 Å². The molecule has 3 N–H and O–H groups in total. The first-order valence-corrected chi connectivity index (χ1v) is 14.3. The van der Waals surface area contributed by atoms with Gasteiger partial charge in [0.1, 0.15) is 12.4 Å². The van der Waals surface area contributed by atoms with Gasteiger partial charge >= 0.3 is 0 Å². The second-order valence-corrected chi connectivity index (χ2v) is 10.5. The van der Waals surface area contributed by atoms with E-state index in [2.05, 4.69) is 26.6 Å². The van der Waals surface area contributed by atoms with Gasteiger partial charge in [0, 0.05) is 25.2 Å². The zero-order chi connectivity index (χ0) is 30.7. The molecule has 0 atom stereocenters. The van der Waals surface area contributed by atoms with Gasteiger partial charge in [-0.25, -0.2) is 18.4 Å². The number of anilines is 3. The van der Waals surface area contributed by atoms with Crippen molar-refractivity contribution >= 4 is 39.5 Å². The first-order valence-electron chi connectivity index (χ1n) is 12.8. The molecule has 222 valence electrons. The summed E-state index contributed by atoms with van der Waals surface area (Å²) < 4.78 is 46.3. The molecule has 2 aromatic carbocycles. The SMILES string of the molecule is C=C/C=c1/nc(NS(=O)(=O)c2ccc(C#N)cc2)c(Nc2cc(OC)cc(OC)c2OCCN(C)CCO)n/c1=C/C. The summed E-state index contributed by atoms with van der Waals surface area (Å²) in [5.74, 6) is 1.15. The molecule has 0 radical (unpaired) electrons. The number of aliphatic hydroxyl groups is 1. The number of ether oxygens (including phenoxy) is 3. The largest absolute Gasteiger partial charge is 0.497 e. The number of aliphatic hydroxyl groups excluding tert-OH is 1. The van der Waals surface area contributed by atoms with Gasteiger partial charge in [0.2, 0.25) is 0 Å². The molecule has 0 saturated carbocycles. The molecule has 0 unspecified atom stereocenters. The Bertz CT molecular complexity index is 1670. The average Bonchev–Trinajstić information content (AvgIpc) is 2.98. The van der Waals surface area contributed by atoms with Gasteiger partial charge in [-0.1, -0.05) is 18.7 Å². The molecule has 13 heteroatoms. The van der Waals surface area contributed by atoms with E-state index in [4.69, 9.17) is 19.5 Å². The maximum absolute atomic E-state index is 13.3. The normalized spacial score (nSPS) is 12.1. The molecule has 42 heavy (non-hydrogen) atoms. The van der Waals surface area contributed by atoms with Gasteiger partial charge in [0.15, 0.2) is 23.1 Å². The Morgan fingerprint density at radius 3 is 2.40 bits per heavy atom. The summed E-state index contributed by atoms with van der Waals surface area (Å²) in [6.45, 7) is 6.78. The minimum absolute atomic E-state index is 0.0189. The fraction of sp³-hybridized carbons (Fsp3) is 0.276. The van der Waals surface area contributed by atoms with Crippen molar-refractivity contribution in [2.24, 2.45) is 0 Å². The van der Waals surface area contributed by atoms with Crippen LogP contribution in [0.4, 0.5) is 17.3 Å². The Labute approximate surface area is 245 Å². The van der Waals surface area contributed by atoms with Gasteiger partial charge in [-0.3, -0.25) is 4.72 Å². The fourth-order valence-corrected chi connectivity index (χ4v) is 4.77. The molecule has 3 rings (SSSR count).